The molecule has 5 nitrogen and oxygen atoms in total. The van der Waals surface area contributed by atoms with Gasteiger partial charge in [-0.15, -0.1) is 0 Å². The van der Waals surface area contributed by atoms with Crippen LogP contribution in [0.1, 0.15) is 22.9 Å². The number of aromatic nitrogens is 1. The minimum Gasteiger partial charge on any atom is -0.455 e. The van der Waals surface area contributed by atoms with E-state index in [0.29, 0.717) is 5.84 Å². The topological polar surface area (TPSA) is 62.8 Å². The highest BCUT2D eigenvalue weighted by Crippen LogP contribution is 2.42. The van der Waals surface area contributed by atoms with Crippen molar-refractivity contribution in [2.75, 3.05) is 0 Å². The molecule has 222 valence electrons. The standard InChI is InChI=1S/C42H28N4O/c1-4-10-27(11-5-1)35-21-20-34(38-36-24-32-22-23-43-26-33(32)25-37(36)47-39(35)38)28-16-18-31(19-17-28)42-45-40(29-12-6-2-7-13-29)44-41(46-42)30-14-8-3-9-15-30/h1-26,40H,(H,44,45,46). The minimum absolute atomic E-state index is 0.244. The first-order valence-electron chi connectivity index (χ1n) is 15.7. The van der Waals surface area contributed by atoms with Crippen molar-refractivity contribution in [3.63, 3.8) is 0 Å². The predicted molar refractivity (Wildman–Crippen MR) is 192 cm³/mol. The zero-order valence-electron chi connectivity index (χ0n) is 25.3. The number of amidine groups is 2. The van der Waals surface area contributed by atoms with Crippen molar-refractivity contribution in [3.05, 3.63) is 175 Å². The van der Waals surface area contributed by atoms with Gasteiger partial charge in [0.1, 0.15) is 23.2 Å². The molecule has 1 aliphatic rings. The van der Waals surface area contributed by atoms with Gasteiger partial charge in [0.2, 0.25) is 0 Å². The molecule has 1 unspecified atom stereocenters. The van der Waals surface area contributed by atoms with Crippen molar-refractivity contribution in [1.82, 2.24) is 10.3 Å². The van der Waals surface area contributed by atoms with E-state index in [4.69, 9.17) is 14.4 Å². The number of nitrogens with zero attached hydrogens (tertiary/aromatic N) is 3. The van der Waals surface area contributed by atoms with E-state index in [9.17, 15) is 0 Å². The van der Waals surface area contributed by atoms with Gasteiger partial charge in [-0.25, -0.2) is 9.98 Å². The number of furan rings is 1. The Morgan fingerprint density at radius 1 is 0.574 bits per heavy atom. The van der Waals surface area contributed by atoms with Gasteiger partial charge in [-0.2, -0.15) is 0 Å². The van der Waals surface area contributed by atoms with Crippen LogP contribution in [0.15, 0.2) is 172 Å². The van der Waals surface area contributed by atoms with Crippen LogP contribution in [0, 0.1) is 0 Å². The van der Waals surface area contributed by atoms with Crippen LogP contribution in [0.3, 0.4) is 0 Å². The monoisotopic (exact) mass is 604 g/mol. The molecule has 0 amide bonds. The summed E-state index contributed by atoms with van der Waals surface area (Å²) in [6.07, 6.45) is 3.48. The summed E-state index contributed by atoms with van der Waals surface area (Å²) in [4.78, 5) is 14.3. The average Bonchev–Trinajstić information content (AvgIpc) is 3.53. The molecule has 0 aliphatic carbocycles. The second-order valence-electron chi connectivity index (χ2n) is 11.7. The third kappa shape index (κ3) is 4.86. The Morgan fingerprint density at radius 2 is 1.23 bits per heavy atom. The summed E-state index contributed by atoms with van der Waals surface area (Å²) in [5.41, 5.74) is 9.20. The summed E-state index contributed by atoms with van der Waals surface area (Å²) in [6, 6.07) is 50.2. The Kier molecular flexibility index (Phi) is 6.46. The first-order valence-corrected chi connectivity index (χ1v) is 15.7. The molecule has 5 heteroatoms. The van der Waals surface area contributed by atoms with Gasteiger partial charge in [-0.1, -0.05) is 121 Å². The van der Waals surface area contributed by atoms with Crippen LogP contribution < -0.4 is 5.32 Å². The first-order chi connectivity index (χ1) is 23.3. The lowest BCUT2D eigenvalue weighted by Crippen LogP contribution is -2.33. The molecule has 0 saturated carbocycles. The van der Waals surface area contributed by atoms with Crippen molar-refractivity contribution >= 4 is 44.4 Å². The Labute approximate surface area is 271 Å². The fraction of sp³-hybridized carbons (Fsp3) is 0.0238. The van der Waals surface area contributed by atoms with E-state index in [1.165, 1.54) is 0 Å². The quantitative estimate of drug-likeness (QED) is 0.213. The van der Waals surface area contributed by atoms with Gasteiger partial charge in [-0.05, 0) is 51.9 Å². The molecule has 1 atom stereocenters. The fourth-order valence-electron chi connectivity index (χ4n) is 6.47. The van der Waals surface area contributed by atoms with Crippen molar-refractivity contribution in [2.24, 2.45) is 9.98 Å². The number of pyridine rings is 1. The molecule has 0 bridgehead atoms. The molecule has 9 rings (SSSR count). The Morgan fingerprint density at radius 3 is 2.00 bits per heavy atom. The number of rotatable bonds is 5. The molecule has 0 saturated heterocycles. The van der Waals surface area contributed by atoms with E-state index in [2.05, 4.69) is 113 Å². The Balaban J connectivity index is 1.17. The lowest BCUT2D eigenvalue weighted by Gasteiger charge is -2.23. The van der Waals surface area contributed by atoms with Crippen LogP contribution in [0.5, 0.6) is 0 Å². The Hall–Kier alpha value is -6.33. The van der Waals surface area contributed by atoms with E-state index in [1.807, 2.05) is 54.9 Å². The van der Waals surface area contributed by atoms with Crippen LogP contribution in [0.2, 0.25) is 0 Å². The number of nitrogens with one attached hydrogen (secondary N) is 1. The van der Waals surface area contributed by atoms with Crippen molar-refractivity contribution in [3.8, 4) is 22.3 Å². The SMILES string of the molecule is c1ccc(C2=NC(c3ccccc3)NC(c3ccc(-c4ccc(-c5ccccc5)c5oc6cc7cnccc7cc6c45)cc3)=N2)cc1. The predicted octanol–water partition coefficient (Wildman–Crippen LogP) is 9.96. The van der Waals surface area contributed by atoms with Crippen molar-refractivity contribution in [2.45, 2.75) is 6.17 Å². The largest absolute Gasteiger partial charge is 0.455 e. The van der Waals surface area contributed by atoms with Crippen molar-refractivity contribution < 1.29 is 4.42 Å². The van der Waals surface area contributed by atoms with Crippen LogP contribution in [-0.2, 0) is 0 Å². The van der Waals surface area contributed by atoms with Crippen LogP contribution in [0.4, 0.5) is 0 Å². The van der Waals surface area contributed by atoms with Crippen LogP contribution >= 0.6 is 0 Å². The third-order valence-corrected chi connectivity index (χ3v) is 8.82. The molecule has 3 heterocycles. The number of benzene rings is 6. The summed E-state index contributed by atoms with van der Waals surface area (Å²) in [7, 11) is 0. The average molecular weight is 605 g/mol. The highest BCUT2D eigenvalue weighted by molar-refractivity contribution is 6.19. The van der Waals surface area contributed by atoms with E-state index in [1.54, 1.807) is 0 Å². The van der Waals surface area contributed by atoms with Crippen LogP contribution in [-0.4, -0.2) is 16.7 Å². The second kappa shape index (κ2) is 11.2. The molecule has 1 aliphatic heterocycles. The number of hydrogen-bond acceptors (Lipinski definition) is 5. The lowest BCUT2D eigenvalue weighted by molar-refractivity contribution is 0.670. The van der Waals surface area contributed by atoms with Gasteiger partial charge in [0.15, 0.2) is 5.84 Å². The van der Waals surface area contributed by atoms with Gasteiger partial charge in [0, 0.05) is 45.2 Å². The minimum atomic E-state index is -0.244. The van der Waals surface area contributed by atoms with Gasteiger partial charge < -0.3 is 9.73 Å². The summed E-state index contributed by atoms with van der Waals surface area (Å²) in [6.45, 7) is 0. The van der Waals surface area contributed by atoms with Crippen LogP contribution in [0.25, 0.3) is 55.0 Å². The normalized spacial score (nSPS) is 14.6. The molecule has 0 spiro atoms. The maximum Gasteiger partial charge on any atom is 0.159 e. The zero-order valence-corrected chi connectivity index (χ0v) is 25.3. The first kappa shape index (κ1) is 27.0. The lowest BCUT2D eigenvalue weighted by atomic mass is 9.93. The summed E-state index contributed by atoms with van der Waals surface area (Å²) < 4.78 is 6.66. The molecule has 0 radical (unpaired) electrons. The molecule has 0 fully saturated rings. The molecule has 6 aromatic carbocycles. The second-order valence-corrected chi connectivity index (χ2v) is 11.7. The molecule has 1 N–H and O–H groups in total. The number of fused-ring (bicyclic) bond motifs is 4. The van der Waals surface area contributed by atoms with Gasteiger partial charge in [-0.3, -0.25) is 4.98 Å². The van der Waals surface area contributed by atoms with E-state index >= 15 is 0 Å². The maximum atomic E-state index is 6.66. The molecule has 47 heavy (non-hydrogen) atoms. The molecule has 8 aromatic rings. The van der Waals surface area contributed by atoms with E-state index < -0.39 is 0 Å². The highest BCUT2D eigenvalue weighted by atomic mass is 16.3. The third-order valence-electron chi connectivity index (χ3n) is 8.82. The molecular weight excluding hydrogens is 576 g/mol. The van der Waals surface area contributed by atoms with E-state index in [-0.39, 0.29) is 6.17 Å². The number of hydrogen-bond donors (Lipinski definition) is 1. The number of aliphatic imine (C=N–C) groups is 2. The van der Waals surface area contributed by atoms with E-state index in [0.717, 1.165) is 77.5 Å². The summed E-state index contributed by atoms with van der Waals surface area (Å²) in [5.74, 6) is 1.50. The zero-order chi connectivity index (χ0) is 31.2. The van der Waals surface area contributed by atoms with Crippen molar-refractivity contribution in [1.29, 1.82) is 0 Å². The smallest absolute Gasteiger partial charge is 0.159 e. The summed E-state index contributed by atoms with van der Waals surface area (Å²) >= 11 is 0. The maximum absolute atomic E-state index is 6.66. The van der Waals surface area contributed by atoms with Gasteiger partial charge in [0.25, 0.3) is 0 Å². The van der Waals surface area contributed by atoms with Gasteiger partial charge in [0.05, 0.1) is 0 Å². The summed E-state index contributed by atoms with van der Waals surface area (Å²) in [5, 5.41) is 7.95. The highest BCUT2D eigenvalue weighted by Gasteiger charge is 2.22. The molecule has 2 aromatic heterocycles. The molecular formula is C42H28N4O. The fourth-order valence-corrected chi connectivity index (χ4v) is 6.47. The van der Waals surface area contributed by atoms with Gasteiger partial charge >= 0.3 is 0 Å². The Bertz CT molecular complexity index is 2470.